The van der Waals surface area contributed by atoms with Crippen LogP contribution < -0.4 is 14.2 Å². The molecule has 0 aliphatic heterocycles. The first-order valence-electron chi connectivity index (χ1n) is 11.1. The van der Waals surface area contributed by atoms with Gasteiger partial charge in [-0.25, -0.2) is 9.59 Å². The summed E-state index contributed by atoms with van der Waals surface area (Å²) < 4.78 is 15.4. The summed E-state index contributed by atoms with van der Waals surface area (Å²) in [4.78, 5) is 30.4. The molecule has 0 aliphatic rings. The van der Waals surface area contributed by atoms with Gasteiger partial charge >= 0.3 is 17.9 Å². The number of hydrogen-bond donors (Lipinski definition) is 2. The Bertz CT molecular complexity index is 1580. The minimum absolute atomic E-state index is 0.0195. The van der Waals surface area contributed by atoms with Crippen LogP contribution in [0.5, 0.6) is 23.5 Å². The van der Waals surface area contributed by atoms with Gasteiger partial charge in [-0.2, -0.15) is 9.97 Å². The Morgan fingerprint density at radius 2 is 1.24 bits per heavy atom. The molecule has 192 valence electrons. The third-order valence-corrected chi connectivity index (χ3v) is 5.78. The van der Waals surface area contributed by atoms with E-state index in [4.69, 9.17) is 30.9 Å². The molecule has 0 radical (unpaired) electrons. The van der Waals surface area contributed by atoms with E-state index in [0.717, 1.165) is 21.5 Å². The molecule has 0 saturated heterocycles. The van der Waals surface area contributed by atoms with Crippen LogP contribution >= 0.6 is 11.6 Å². The second-order valence-electron chi connectivity index (χ2n) is 7.74. The molecule has 2 N–H and O–H groups in total. The SMILES string of the molecule is COc1nc(Oc2ccccc2C(=O)O)nc(OC)c1Cl.O=C(O)c1c2ccccc2cc2ccccc12. The lowest BCUT2D eigenvalue weighted by atomic mass is 9.97. The van der Waals surface area contributed by atoms with Crippen LogP contribution in [0.1, 0.15) is 20.7 Å². The maximum Gasteiger partial charge on any atom is 0.339 e. The van der Waals surface area contributed by atoms with Crippen molar-refractivity contribution in [3.05, 3.63) is 95.0 Å². The van der Waals surface area contributed by atoms with E-state index in [0.29, 0.717) is 5.56 Å². The van der Waals surface area contributed by atoms with Crippen LogP contribution in [-0.4, -0.2) is 46.3 Å². The molecule has 5 aromatic rings. The van der Waals surface area contributed by atoms with Crippen LogP contribution in [0.4, 0.5) is 0 Å². The zero-order chi connectivity index (χ0) is 27.2. The molecule has 0 saturated carbocycles. The Kier molecular flexibility index (Phi) is 7.88. The van der Waals surface area contributed by atoms with Crippen molar-refractivity contribution in [2.75, 3.05) is 14.2 Å². The second kappa shape index (κ2) is 11.4. The quantitative estimate of drug-likeness (QED) is 0.241. The van der Waals surface area contributed by atoms with Gasteiger partial charge in [-0.15, -0.1) is 0 Å². The number of benzene rings is 4. The maximum absolute atomic E-state index is 11.4. The number of aromatic nitrogens is 2. The highest BCUT2D eigenvalue weighted by molar-refractivity contribution is 6.33. The van der Waals surface area contributed by atoms with Crippen molar-refractivity contribution in [1.82, 2.24) is 9.97 Å². The topological polar surface area (TPSA) is 128 Å². The number of aromatic carboxylic acids is 2. The van der Waals surface area contributed by atoms with Crippen molar-refractivity contribution in [3.8, 4) is 23.5 Å². The third kappa shape index (κ3) is 5.42. The van der Waals surface area contributed by atoms with Crippen molar-refractivity contribution < 1.29 is 34.0 Å². The van der Waals surface area contributed by atoms with Gasteiger partial charge in [0.25, 0.3) is 0 Å². The number of ether oxygens (including phenoxy) is 3. The van der Waals surface area contributed by atoms with Crippen molar-refractivity contribution >= 4 is 45.1 Å². The lowest BCUT2D eigenvalue weighted by Gasteiger charge is -2.10. The molecule has 0 spiro atoms. The number of carboxylic acids is 2. The molecule has 9 nitrogen and oxygen atoms in total. The molecule has 0 fully saturated rings. The number of methoxy groups -OCH3 is 2. The average Bonchev–Trinajstić information content (AvgIpc) is 2.92. The molecule has 1 aromatic heterocycles. The van der Waals surface area contributed by atoms with Crippen molar-refractivity contribution in [2.45, 2.75) is 0 Å². The Morgan fingerprint density at radius 1 is 0.737 bits per heavy atom. The summed E-state index contributed by atoms with van der Waals surface area (Å²) >= 11 is 5.94. The van der Waals surface area contributed by atoms with Gasteiger partial charge < -0.3 is 24.4 Å². The Hall–Kier alpha value is -4.89. The molecule has 4 aromatic carbocycles. The smallest absolute Gasteiger partial charge is 0.339 e. The van der Waals surface area contributed by atoms with E-state index in [1.807, 2.05) is 54.6 Å². The fourth-order valence-corrected chi connectivity index (χ4v) is 4.02. The molecule has 10 heteroatoms. The van der Waals surface area contributed by atoms with E-state index in [2.05, 4.69) is 9.97 Å². The Balaban J connectivity index is 0.000000180. The summed E-state index contributed by atoms with van der Waals surface area (Å²) in [6, 6.07) is 23.1. The molecule has 0 aliphatic carbocycles. The molecular weight excluding hydrogens is 512 g/mol. The van der Waals surface area contributed by atoms with Crippen LogP contribution in [0.3, 0.4) is 0 Å². The number of halogens is 1. The minimum atomic E-state index is -1.13. The molecule has 0 bridgehead atoms. The highest BCUT2D eigenvalue weighted by atomic mass is 35.5. The standard InChI is InChI=1S/C15H10O2.C13H11ClN2O5/c16-15(17)14-12-7-3-1-5-10(12)9-11-6-2-4-8-13(11)14;1-19-10-9(14)11(20-2)16-13(15-10)21-8-6-4-3-5-7(8)12(17)18/h1-9H,(H,16,17);3-6H,1-2H3,(H,17,18). The first-order chi connectivity index (χ1) is 18.3. The number of nitrogens with zero attached hydrogens (tertiary/aromatic N) is 2. The average molecular weight is 533 g/mol. The number of fused-ring (bicyclic) bond motifs is 2. The summed E-state index contributed by atoms with van der Waals surface area (Å²) in [6.45, 7) is 0. The lowest BCUT2D eigenvalue weighted by Crippen LogP contribution is -2.03. The van der Waals surface area contributed by atoms with E-state index >= 15 is 0 Å². The predicted octanol–water partition coefficient (Wildman–Crippen LogP) is 6.33. The van der Waals surface area contributed by atoms with Crippen molar-refractivity contribution in [3.63, 3.8) is 0 Å². The fraction of sp³-hybridized carbons (Fsp3) is 0.0714. The molecule has 38 heavy (non-hydrogen) atoms. The molecule has 0 amide bonds. The fourth-order valence-electron chi connectivity index (χ4n) is 3.78. The highest BCUT2D eigenvalue weighted by Crippen LogP contribution is 2.34. The summed E-state index contributed by atoms with van der Waals surface area (Å²) in [5, 5.41) is 22.1. The highest BCUT2D eigenvalue weighted by Gasteiger charge is 2.18. The van der Waals surface area contributed by atoms with Gasteiger partial charge in [-0.3, -0.25) is 0 Å². The van der Waals surface area contributed by atoms with Crippen LogP contribution in [-0.2, 0) is 0 Å². The molecule has 5 rings (SSSR count). The van der Waals surface area contributed by atoms with Crippen LogP contribution in [0, 0.1) is 0 Å². The van der Waals surface area contributed by atoms with Gasteiger partial charge in [0.05, 0.1) is 19.8 Å². The first kappa shape index (κ1) is 26.2. The van der Waals surface area contributed by atoms with E-state index < -0.39 is 11.9 Å². The summed E-state index contributed by atoms with van der Waals surface area (Å²) in [7, 11) is 2.76. The Labute approximate surface area is 221 Å². The van der Waals surface area contributed by atoms with E-state index in [1.165, 1.54) is 26.4 Å². The predicted molar refractivity (Wildman–Crippen MR) is 142 cm³/mol. The first-order valence-corrected chi connectivity index (χ1v) is 11.5. The summed E-state index contributed by atoms with van der Waals surface area (Å²) in [5.74, 6) is -1.79. The zero-order valence-corrected chi connectivity index (χ0v) is 21.0. The minimum Gasteiger partial charge on any atom is -0.480 e. The van der Waals surface area contributed by atoms with E-state index in [1.54, 1.807) is 12.1 Å². The Morgan fingerprint density at radius 3 is 1.74 bits per heavy atom. The monoisotopic (exact) mass is 532 g/mol. The van der Waals surface area contributed by atoms with Gasteiger partial charge in [0.1, 0.15) is 11.3 Å². The van der Waals surface area contributed by atoms with Gasteiger partial charge in [0.15, 0.2) is 5.02 Å². The molecule has 0 atom stereocenters. The number of rotatable bonds is 6. The number of hydrogen-bond acceptors (Lipinski definition) is 7. The molecule has 0 unspecified atom stereocenters. The second-order valence-corrected chi connectivity index (χ2v) is 8.12. The molecule has 1 heterocycles. The van der Waals surface area contributed by atoms with E-state index in [9.17, 15) is 14.7 Å². The summed E-state index contributed by atoms with van der Waals surface area (Å²) in [6.07, 6.45) is 0. The van der Waals surface area contributed by atoms with Crippen LogP contribution in [0.15, 0.2) is 78.9 Å². The van der Waals surface area contributed by atoms with Gasteiger partial charge in [-0.1, -0.05) is 72.3 Å². The largest absolute Gasteiger partial charge is 0.480 e. The number of para-hydroxylation sites is 1. The third-order valence-electron chi connectivity index (χ3n) is 5.46. The number of carboxylic acid groups (broad SMARTS) is 2. The molecular formula is C28H21ClN2O7. The zero-order valence-electron chi connectivity index (χ0n) is 20.2. The van der Waals surface area contributed by atoms with Crippen LogP contribution in [0.25, 0.3) is 21.5 Å². The van der Waals surface area contributed by atoms with Crippen LogP contribution in [0.2, 0.25) is 5.02 Å². The maximum atomic E-state index is 11.4. The van der Waals surface area contributed by atoms with Gasteiger partial charge in [-0.05, 0) is 39.7 Å². The van der Waals surface area contributed by atoms with Crippen molar-refractivity contribution in [2.24, 2.45) is 0 Å². The lowest BCUT2D eigenvalue weighted by molar-refractivity contribution is 0.0686. The number of carbonyl (C=O) groups is 2. The van der Waals surface area contributed by atoms with E-state index in [-0.39, 0.29) is 34.1 Å². The van der Waals surface area contributed by atoms with Gasteiger partial charge in [0, 0.05) is 0 Å². The van der Waals surface area contributed by atoms with Gasteiger partial charge in [0.2, 0.25) is 11.8 Å². The normalized spacial score (nSPS) is 10.4. The van der Waals surface area contributed by atoms with Crippen molar-refractivity contribution in [1.29, 1.82) is 0 Å². The summed E-state index contributed by atoms with van der Waals surface area (Å²) in [5.41, 5.74) is 0.368.